The molecule has 0 aliphatic carbocycles. The number of nitrogens with zero attached hydrogens (tertiary/aromatic N) is 1. The molecule has 0 fully saturated rings. The molecule has 2 nitrogen and oxygen atoms in total. The van der Waals surface area contributed by atoms with Gasteiger partial charge < -0.3 is 5.73 Å². The molecular formula is C9H11ClN2. The highest BCUT2D eigenvalue weighted by Gasteiger charge is 1.99. The summed E-state index contributed by atoms with van der Waals surface area (Å²) in [5.41, 5.74) is 7.39. The highest BCUT2D eigenvalue weighted by Crippen LogP contribution is 2.17. The fourth-order valence-electron chi connectivity index (χ4n) is 0.923. The van der Waals surface area contributed by atoms with E-state index in [2.05, 4.69) is 4.98 Å². The number of halogens is 1. The molecule has 3 heteroatoms. The van der Waals surface area contributed by atoms with Crippen molar-refractivity contribution in [2.24, 2.45) is 5.73 Å². The highest BCUT2D eigenvalue weighted by molar-refractivity contribution is 6.30. The molecule has 0 unspecified atom stereocenters. The van der Waals surface area contributed by atoms with E-state index < -0.39 is 0 Å². The standard InChI is InChI=1S/C9H11ClN2/c1-7-4-6-12-9(10)8(7)3-2-5-11/h2-4,6H,5,11H2,1H3. The molecule has 1 rings (SSSR count). The quantitative estimate of drug-likeness (QED) is 0.711. The number of hydrogen-bond acceptors (Lipinski definition) is 2. The van der Waals surface area contributed by atoms with Crippen LogP contribution in [-0.2, 0) is 0 Å². The minimum atomic E-state index is 0.519. The predicted octanol–water partition coefficient (Wildman–Crippen LogP) is 2.02. The van der Waals surface area contributed by atoms with Gasteiger partial charge in [-0.2, -0.15) is 0 Å². The Bertz CT molecular complexity index is 274. The van der Waals surface area contributed by atoms with E-state index in [1.54, 1.807) is 6.20 Å². The first-order chi connectivity index (χ1) is 5.75. The molecule has 64 valence electrons. The lowest BCUT2D eigenvalue weighted by Gasteiger charge is -2.00. The van der Waals surface area contributed by atoms with Gasteiger partial charge in [0.05, 0.1) is 0 Å². The maximum Gasteiger partial charge on any atom is 0.136 e. The van der Waals surface area contributed by atoms with Crippen molar-refractivity contribution >= 4 is 17.7 Å². The van der Waals surface area contributed by atoms with Crippen LogP contribution in [0.3, 0.4) is 0 Å². The van der Waals surface area contributed by atoms with Crippen LogP contribution in [0.4, 0.5) is 0 Å². The van der Waals surface area contributed by atoms with Gasteiger partial charge in [0.2, 0.25) is 0 Å². The summed E-state index contributed by atoms with van der Waals surface area (Å²) in [5.74, 6) is 0. The lowest BCUT2D eigenvalue weighted by Crippen LogP contribution is -1.93. The van der Waals surface area contributed by atoms with Crippen molar-refractivity contribution < 1.29 is 0 Å². The van der Waals surface area contributed by atoms with E-state index >= 15 is 0 Å². The van der Waals surface area contributed by atoms with Gasteiger partial charge in [-0.1, -0.05) is 23.8 Å². The fourth-order valence-corrected chi connectivity index (χ4v) is 1.19. The largest absolute Gasteiger partial charge is 0.327 e. The molecule has 0 radical (unpaired) electrons. The average Bonchev–Trinajstić information content (AvgIpc) is 2.04. The zero-order chi connectivity index (χ0) is 8.97. The lowest BCUT2D eigenvalue weighted by molar-refractivity contribution is 1.25. The predicted molar refractivity (Wildman–Crippen MR) is 52.1 cm³/mol. The Kier molecular flexibility index (Phi) is 3.26. The number of rotatable bonds is 2. The second-order valence-corrected chi connectivity index (χ2v) is 2.83. The zero-order valence-corrected chi connectivity index (χ0v) is 7.67. The minimum Gasteiger partial charge on any atom is -0.327 e. The Balaban J connectivity index is 3.04. The van der Waals surface area contributed by atoms with Crippen LogP contribution >= 0.6 is 11.6 Å². The van der Waals surface area contributed by atoms with Crippen LogP contribution < -0.4 is 5.73 Å². The van der Waals surface area contributed by atoms with Gasteiger partial charge in [0.1, 0.15) is 5.15 Å². The second-order valence-electron chi connectivity index (χ2n) is 2.47. The van der Waals surface area contributed by atoms with Gasteiger partial charge in [-0.15, -0.1) is 0 Å². The molecule has 0 bridgehead atoms. The van der Waals surface area contributed by atoms with Gasteiger partial charge in [0.25, 0.3) is 0 Å². The molecule has 12 heavy (non-hydrogen) atoms. The minimum absolute atomic E-state index is 0.519. The summed E-state index contributed by atoms with van der Waals surface area (Å²) in [5, 5.41) is 0.528. The van der Waals surface area contributed by atoms with E-state index in [0.717, 1.165) is 11.1 Å². The Morgan fingerprint density at radius 1 is 1.67 bits per heavy atom. The number of pyridine rings is 1. The smallest absolute Gasteiger partial charge is 0.136 e. The average molecular weight is 183 g/mol. The van der Waals surface area contributed by atoms with Gasteiger partial charge in [-0.05, 0) is 18.6 Å². The first-order valence-electron chi connectivity index (χ1n) is 3.73. The van der Waals surface area contributed by atoms with Crippen molar-refractivity contribution in [1.29, 1.82) is 0 Å². The third-order valence-electron chi connectivity index (χ3n) is 1.58. The van der Waals surface area contributed by atoms with E-state index in [0.29, 0.717) is 11.7 Å². The maximum absolute atomic E-state index is 5.86. The lowest BCUT2D eigenvalue weighted by atomic mass is 10.1. The van der Waals surface area contributed by atoms with E-state index in [9.17, 15) is 0 Å². The van der Waals surface area contributed by atoms with Crippen LogP contribution in [0.15, 0.2) is 18.3 Å². The second kappa shape index (κ2) is 4.24. The Labute approximate surface area is 77.1 Å². The molecule has 1 aromatic heterocycles. The molecule has 0 spiro atoms. The maximum atomic E-state index is 5.86. The molecule has 0 amide bonds. The van der Waals surface area contributed by atoms with Crippen molar-refractivity contribution in [2.75, 3.05) is 6.54 Å². The molecule has 0 aliphatic rings. The number of aromatic nitrogens is 1. The molecule has 1 heterocycles. The van der Waals surface area contributed by atoms with E-state index in [1.165, 1.54) is 0 Å². The van der Waals surface area contributed by atoms with Gasteiger partial charge in [-0.3, -0.25) is 0 Å². The summed E-state index contributed by atoms with van der Waals surface area (Å²) in [4.78, 5) is 3.97. The van der Waals surface area contributed by atoms with Crippen molar-refractivity contribution in [3.8, 4) is 0 Å². The molecule has 0 saturated heterocycles. The SMILES string of the molecule is Cc1ccnc(Cl)c1C=CCN. The van der Waals surface area contributed by atoms with Gasteiger partial charge in [-0.25, -0.2) is 4.98 Å². The normalized spacial score (nSPS) is 10.9. The molecule has 2 N–H and O–H groups in total. The van der Waals surface area contributed by atoms with Gasteiger partial charge in [0.15, 0.2) is 0 Å². The van der Waals surface area contributed by atoms with Crippen LogP contribution in [0.1, 0.15) is 11.1 Å². The number of aryl methyl sites for hydroxylation is 1. The van der Waals surface area contributed by atoms with Crippen molar-refractivity contribution in [2.45, 2.75) is 6.92 Å². The summed E-state index contributed by atoms with van der Waals surface area (Å²) in [7, 11) is 0. The van der Waals surface area contributed by atoms with E-state index in [-0.39, 0.29) is 0 Å². The Morgan fingerprint density at radius 2 is 2.42 bits per heavy atom. The summed E-state index contributed by atoms with van der Waals surface area (Å²) in [6.07, 6.45) is 5.44. The Morgan fingerprint density at radius 3 is 3.00 bits per heavy atom. The van der Waals surface area contributed by atoms with E-state index in [1.807, 2.05) is 25.1 Å². The van der Waals surface area contributed by atoms with Gasteiger partial charge in [0, 0.05) is 18.3 Å². The third kappa shape index (κ3) is 2.06. The topological polar surface area (TPSA) is 38.9 Å². The molecule has 0 atom stereocenters. The van der Waals surface area contributed by atoms with Crippen molar-refractivity contribution in [1.82, 2.24) is 4.98 Å². The zero-order valence-electron chi connectivity index (χ0n) is 6.92. The number of nitrogens with two attached hydrogens (primary N) is 1. The van der Waals surface area contributed by atoms with Crippen molar-refractivity contribution in [3.63, 3.8) is 0 Å². The third-order valence-corrected chi connectivity index (χ3v) is 1.88. The fraction of sp³-hybridized carbons (Fsp3) is 0.222. The summed E-state index contributed by atoms with van der Waals surface area (Å²) in [6.45, 7) is 2.51. The molecule has 0 aliphatic heterocycles. The summed E-state index contributed by atoms with van der Waals surface area (Å²) >= 11 is 5.86. The molecular weight excluding hydrogens is 172 g/mol. The van der Waals surface area contributed by atoms with Crippen LogP contribution in [0, 0.1) is 6.92 Å². The van der Waals surface area contributed by atoms with Crippen LogP contribution in [-0.4, -0.2) is 11.5 Å². The molecule has 0 saturated carbocycles. The monoisotopic (exact) mass is 182 g/mol. The number of hydrogen-bond donors (Lipinski definition) is 1. The first kappa shape index (κ1) is 9.23. The molecule has 1 aromatic rings. The van der Waals surface area contributed by atoms with Crippen LogP contribution in [0.25, 0.3) is 6.08 Å². The summed E-state index contributed by atoms with van der Waals surface area (Å²) in [6, 6.07) is 1.92. The van der Waals surface area contributed by atoms with Crippen molar-refractivity contribution in [3.05, 3.63) is 34.6 Å². The van der Waals surface area contributed by atoms with E-state index in [4.69, 9.17) is 17.3 Å². The van der Waals surface area contributed by atoms with Crippen LogP contribution in [0.2, 0.25) is 5.15 Å². The summed E-state index contributed by atoms with van der Waals surface area (Å²) < 4.78 is 0. The first-order valence-corrected chi connectivity index (χ1v) is 4.11. The van der Waals surface area contributed by atoms with Crippen LogP contribution in [0.5, 0.6) is 0 Å². The molecule has 0 aromatic carbocycles. The van der Waals surface area contributed by atoms with Gasteiger partial charge >= 0.3 is 0 Å². The highest BCUT2D eigenvalue weighted by atomic mass is 35.5. The Hall–Kier alpha value is -0.860.